The number of esters is 2. The van der Waals surface area contributed by atoms with Gasteiger partial charge < -0.3 is 33.2 Å². The molecule has 1 aromatic rings. The molecule has 1 aromatic carbocycles. The number of benzene rings is 1. The Morgan fingerprint density at radius 2 is 1.76 bits per heavy atom. The van der Waals surface area contributed by atoms with Crippen LogP contribution in [-0.2, 0) is 49.4 Å². The van der Waals surface area contributed by atoms with Crippen molar-refractivity contribution in [3.05, 3.63) is 48.0 Å². The highest BCUT2D eigenvalue weighted by molar-refractivity contribution is 5.86. The predicted octanol–water partition coefficient (Wildman–Crippen LogP) is 5.64. The lowest BCUT2D eigenvalue weighted by Crippen LogP contribution is -2.61. The smallest absolute Gasteiger partial charge is 0.315 e. The van der Waals surface area contributed by atoms with E-state index in [1.54, 1.807) is 0 Å². The SMILES string of the molecule is C=C1C[C@]23C[C@@]1(OC1CCCCO1)CC[C@H]2[C@@]12C[C@@H](OCc4ccccc4)[C@H](OC4CCCCO4)[C@@](C)(C(=O)O1)[C@H]2[C@@H]3C(=O)OC. The Balaban J connectivity index is 1.20. The van der Waals surface area contributed by atoms with Crippen molar-refractivity contribution < 1.29 is 42.7 Å². The third-order valence-corrected chi connectivity index (χ3v) is 12.9. The van der Waals surface area contributed by atoms with Gasteiger partial charge in [-0.1, -0.05) is 36.9 Å². The van der Waals surface area contributed by atoms with Crippen LogP contribution in [0, 0.1) is 28.6 Å². The number of carbonyl (C=O) groups is 2. The van der Waals surface area contributed by atoms with Gasteiger partial charge in [0.05, 0.1) is 31.3 Å². The third kappa shape index (κ3) is 4.44. The van der Waals surface area contributed by atoms with Crippen molar-refractivity contribution in [2.45, 2.75) is 120 Å². The predicted molar refractivity (Wildman–Crippen MR) is 165 cm³/mol. The first kappa shape index (κ1) is 31.0. The maximum Gasteiger partial charge on any atom is 0.315 e. The summed E-state index contributed by atoms with van der Waals surface area (Å²) in [5, 5.41) is 0. The van der Waals surface area contributed by atoms with Crippen LogP contribution in [0.1, 0.15) is 83.1 Å². The van der Waals surface area contributed by atoms with Crippen LogP contribution in [0.15, 0.2) is 42.5 Å². The standard InChI is InChI=1S/C37H48O9/c1-23-19-35-22-36(23,45-28-14-8-10-18-42-28)16-15-26(35)37-20-25(43-21-24-11-5-4-6-12-24)31(44-27-13-7-9-17-41-27)34(2,33(39)46-37)30(37)29(35)32(38)40-3/h4-6,11-12,25-31H,1,7-10,13-22H2,2-3H3/t25-,26-,27?,28?,29-,30-,31+,34+,35+,36+,37-/m1/s1. The zero-order valence-electron chi connectivity index (χ0n) is 27.2. The lowest BCUT2D eigenvalue weighted by molar-refractivity contribution is -0.258. The molecule has 4 saturated carbocycles. The minimum Gasteiger partial charge on any atom is -0.469 e. The number of rotatable bonds is 8. The van der Waals surface area contributed by atoms with Gasteiger partial charge in [0, 0.05) is 31.5 Å². The Labute approximate surface area is 271 Å². The third-order valence-electron chi connectivity index (χ3n) is 12.9. The highest BCUT2D eigenvalue weighted by atomic mass is 16.7. The van der Waals surface area contributed by atoms with Gasteiger partial charge in [0.2, 0.25) is 0 Å². The van der Waals surface area contributed by atoms with Gasteiger partial charge in [-0.2, -0.15) is 0 Å². The average Bonchev–Trinajstić information content (AvgIpc) is 3.51. The average molecular weight is 637 g/mol. The summed E-state index contributed by atoms with van der Waals surface area (Å²) < 4.78 is 44.9. The fourth-order valence-corrected chi connectivity index (χ4v) is 11.1. The van der Waals surface area contributed by atoms with Gasteiger partial charge in [-0.15, -0.1) is 0 Å². The molecule has 0 N–H and O–H groups in total. The first-order chi connectivity index (χ1) is 22.3. The Hall–Kier alpha value is -2.30. The molecule has 3 saturated heterocycles. The second-order valence-corrected chi connectivity index (χ2v) is 15.2. The Morgan fingerprint density at radius 1 is 1.02 bits per heavy atom. The van der Waals surface area contributed by atoms with E-state index in [9.17, 15) is 9.59 Å². The molecule has 46 heavy (non-hydrogen) atoms. The molecule has 250 valence electrons. The minimum absolute atomic E-state index is 0.0715. The summed E-state index contributed by atoms with van der Waals surface area (Å²) in [6.07, 6.45) is 7.11. The lowest BCUT2D eigenvalue weighted by Gasteiger charge is -2.50. The van der Waals surface area contributed by atoms with Crippen LogP contribution in [0.5, 0.6) is 0 Å². The minimum atomic E-state index is -1.15. The molecule has 9 heteroatoms. The highest BCUT2D eigenvalue weighted by Crippen LogP contribution is 2.79. The summed E-state index contributed by atoms with van der Waals surface area (Å²) >= 11 is 0. The van der Waals surface area contributed by atoms with Gasteiger partial charge in [0.1, 0.15) is 17.1 Å². The molecule has 8 rings (SSSR count). The molecule has 2 unspecified atom stereocenters. The van der Waals surface area contributed by atoms with Crippen LogP contribution in [0.4, 0.5) is 0 Å². The van der Waals surface area contributed by atoms with E-state index in [-0.39, 0.29) is 24.1 Å². The molecule has 4 bridgehead atoms. The van der Waals surface area contributed by atoms with E-state index in [0.29, 0.717) is 39.1 Å². The second kappa shape index (κ2) is 11.4. The van der Waals surface area contributed by atoms with Crippen LogP contribution in [-0.4, -0.2) is 68.3 Å². The molecule has 0 amide bonds. The highest BCUT2D eigenvalue weighted by Gasteiger charge is 2.86. The molecule has 9 nitrogen and oxygen atoms in total. The van der Waals surface area contributed by atoms with E-state index < -0.39 is 52.4 Å². The topological polar surface area (TPSA) is 98.8 Å². The van der Waals surface area contributed by atoms with Crippen molar-refractivity contribution in [2.75, 3.05) is 20.3 Å². The number of fused-ring (bicyclic) bond motifs is 1. The van der Waals surface area contributed by atoms with Crippen molar-refractivity contribution in [1.82, 2.24) is 0 Å². The van der Waals surface area contributed by atoms with Gasteiger partial charge >= 0.3 is 11.9 Å². The van der Waals surface area contributed by atoms with Gasteiger partial charge in [0.15, 0.2) is 12.6 Å². The molecule has 7 fully saturated rings. The molecule has 7 aliphatic rings. The van der Waals surface area contributed by atoms with E-state index in [2.05, 4.69) is 6.58 Å². The number of hydrogen-bond acceptors (Lipinski definition) is 9. The normalized spacial score (nSPS) is 46.0. The van der Waals surface area contributed by atoms with Crippen molar-refractivity contribution >= 4 is 11.9 Å². The van der Waals surface area contributed by atoms with E-state index in [1.165, 1.54) is 7.11 Å². The number of carbonyl (C=O) groups excluding carboxylic acids is 2. The number of ether oxygens (including phenoxy) is 7. The first-order valence-electron chi connectivity index (χ1n) is 17.5. The van der Waals surface area contributed by atoms with E-state index >= 15 is 0 Å². The van der Waals surface area contributed by atoms with Crippen molar-refractivity contribution in [3.63, 3.8) is 0 Å². The van der Waals surface area contributed by atoms with Crippen molar-refractivity contribution in [3.8, 4) is 0 Å². The van der Waals surface area contributed by atoms with Crippen LogP contribution < -0.4 is 0 Å². The fraction of sp³-hybridized carbons (Fsp3) is 0.730. The van der Waals surface area contributed by atoms with Crippen LogP contribution >= 0.6 is 0 Å². The van der Waals surface area contributed by atoms with Crippen molar-refractivity contribution in [2.24, 2.45) is 28.6 Å². The monoisotopic (exact) mass is 636 g/mol. The fourth-order valence-electron chi connectivity index (χ4n) is 11.1. The molecule has 4 aliphatic carbocycles. The Kier molecular flexibility index (Phi) is 7.68. The van der Waals surface area contributed by atoms with Gasteiger partial charge in [-0.05, 0) is 87.7 Å². The van der Waals surface area contributed by atoms with Gasteiger partial charge in [-0.3, -0.25) is 9.59 Å². The zero-order chi connectivity index (χ0) is 31.7. The molecule has 3 heterocycles. The van der Waals surface area contributed by atoms with Gasteiger partial charge in [-0.25, -0.2) is 0 Å². The van der Waals surface area contributed by atoms with E-state index in [4.69, 9.17) is 33.2 Å². The number of methoxy groups -OCH3 is 1. The Bertz CT molecular complexity index is 1350. The molecule has 0 radical (unpaired) electrons. The van der Waals surface area contributed by atoms with Crippen LogP contribution in [0.2, 0.25) is 0 Å². The number of hydrogen-bond donors (Lipinski definition) is 0. The van der Waals surface area contributed by atoms with Crippen LogP contribution in [0.25, 0.3) is 0 Å². The summed E-state index contributed by atoms with van der Waals surface area (Å²) in [6, 6.07) is 10.1. The quantitative estimate of drug-likeness (QED) is 0.265. The van der Waals surface area contributed by atoms with Gasteiger partial charge in [0.25, 0.3) is 0 Å². The van der Waals surface area contributed by atoms with Crippen LogP contribution in [0.3, 0.4) is 0 Å². The van der Waals surface area contributed by atoms with Crippen molar-refractivity contribution in [1.29, 1.82) is 0 Å². The molecule has 0 aromatic heterocycles. The molecular formula is C37H48O9. The lowest BCUT2D eigenvalue weighted by atomic mass is 9.58. The maximum atomic E-state index is 14.4. The summed E-state index contributed by atoms with van der Waals surface area (Å²) in [4.78, 5) is 28.6. The summed E-state index contributed by atoms with van der Waals surface area (Å²) in [5.74, 6) is -1.70. The Morgan fingerprint density at radius 3 is 2.46 bits per heavy atom. The van der Waals surface area contributed by atoms with E-state index in [1.807, 2.05) is 37.3 Å². The largest absolute Gasteiger partial charge is 0.469 e. The summed E-state index contributed by atoms with van der Waals surface area (Å²) in [5.41, 5.74) is -1.08. The first-order valence-corrected chi connectivity index (χ1v) is 17.5. The maximum absolute atomic E-state index is 14.4. The molecule has 11 atom stereocenters. The molecule has 3 aliphatic heterocycles. The summed E-state index contributed by atoms with van der Waals surface area (Å²) in [6.45, 7) is 8.22. The molecular weight excluding hydrogens is 588 g/mol. The zero-order valence-corrected chi connectivity index (χ0v) is 27.2. The van der Waals surface area contributed by atoms with E-state index in [0.717, 1.165) is 62.5 Å². The summed E-state index contributed by atoms with van der Waals surface area (Å²) in [7, 11) is 1.45. The molecule has 1 spiro atoms. The second-order valence-electron chi connectivity index (χ2n) is 15.2.